The third kappa shape index (κ3) is 1.62. The van der Waals surface area contributed by atoms with Gasteiger partial charge in [-0.25, -0.2) is 0 Å². The topological polar surface area (TPSA) is 0 Å². The molecule has 1 aliphatic rings. The number of hydrogen-bond acceptors (Lipinski definition) is 0. The minimum atomic E-state index is 0.808. The highest BCUT2D eigenvalue weighted by atomic mass is 14.3. The van der Waals surface area contributed by atoms with Crippen LogP contribution in [0, 0.1) is 11.8 Å². The summed E-state index contributed by atoms with van der Waals surface area (Å²) >= 11 is 0. The van der Waals surface area contributed by atoms with Crippen molar-refractivity contribution in [3.8, 4) is 0 Å². The summed E-state index contributed by atoms with van der Waals surface area (Å²) in [6.07, 6.45) is 9.24. The van der Waals surface area contributed by atoms with E-state index in [1.807, 2.05) is 0 Å². The summed E-state index contributed by atoms with van der Waals surface area (Å²) in [5.74, 6) is 1.78. The molecule has 1 fully saturated rings. The molecular formula is C10H18. The summed E-state index contributed by atoms with van der Waals surface area (Å²) in [4.78, 5) is 0. The van der Waals surface area contributed by atoms with Gasteiger partial charge >= 0.3 is 0 Å². The van der Waals surface area contributed by atoms with Gasteiger partial charge in [-0.15, -0.1) is 6.58 Å². The smallest absolute Gasteiger partial charge is 0.0210 e. The van der Waals surface area contributed by atoms with Crippen LogP contribution in [-0.4, -0.2) is 0 Å². The van der Waals surface area contributed by atoms with Gasteiger partial charge in [0.25, 0.3) is 0 Å². The fourth-order valence-corrected chi connectivity index (χ4v) is 2.08. The van der Waals surface area contributed by atoms with Crippen LogP contribution in [0.25, 0.3) is 0 Å². The Morgan fingerprint density at radius 3 is 2.50 bits per heavy atom. The van der Waals surface area contributed by atoms with Crippen molar-refractivity contribution in [2.45, 2.75) is 39.0 Å². The van der Waals surface area contributed by atoms with Crippen LogP contribution in [-0.2, 0) is 0 Å². The van der Waals surface area contributed by atoms with Crippen LogP contribution in [0.4, 0.5) is 0 Å². The molecule has 0 radical (unpaired) electrons. The summed E-state index contributed by atoms with van der Waals surface area (Å²) in [5, 5.41) is 0. The van der Waals surface area contributed by atoms with E-state index < -0.39 is 0 Å². The maximum Gasteiger partial charge on any atom is -0.0210 e. The Labute approximate surface area is 64.3 Å². The van der Waals surface area contributed by atoms with E-state index in [4.69, 9.17) is 0 Å². The quantitative estimate of drug-likeness (QED) is 0.524. The highest BCUT2D eigenvalue weighted by molar-refractivity contribution is 4.85. The van der Waals surface area contributed by atoms with Crippen molar-refractivity contribution >= 4 is 0 Å². The minimum Gasteiger partial charge on any atom is -0.103 e. The van der Waals surface area contributed by atoms with Crippen LogP contribution in [0.5, 0.6) is 0 Å². The molecule has 1 unspecified atom stereocenters. The summed E-state index contributed by atoms with van der Waals surface area (Å²) in [6.45, 7) is 6.14. The van der Waals surface area contributed by atoms with Crippen LogP contribution in [0.15, 0.2) is 12.7 Å². The molecule has 0 aromatic rings. The molecular weight excluding hydrogens is 120 g/mol. The van der Waals surface area contributed by atoms with Gasteiger partial charge in [0, 0.05) is 0 Å². The molecule has 10 heavy (non-hydrogen) atoms. The first-order valence-electron chi connectivity index (χ1n) is 4.51. The van der Waals surface area contributed by atoms with E-state index in [0.29, 0.717) is 0 Å². The average Bonchev–Trinajstić information content (AvgIpc) is 2.43. The minimum absolute atomic E-state index is 0.808. The standard InChI is InChI=1S/C10H18/c1-3-9(4-2)10-7-5-6-8-10/h3,9-10H,1,4-8H2,2H3. The Hall–Kier alpha value is -0.260. The average molecular weight is 138 g/mol. The van der Waals surface area contributed by atoms with E-state index >= 15 is 0 Å². The van der Waals surface area contributed by atoms with Crippen LogP contribution in [0.2, 0.25) is 0 Å². The van der Waals surface area contributed by atoms with E-state index in [-0.39, 0.29) is 0 Å². The first kappa shape index (κ1) is 7.84. The molecule has 0 heterocycles. The van der Waals surface area contributed by atoms with Crippen molar-refractivity contribution in [3.05, 3.63) is 12.7 Å². The van der Waals surface area contributed by atoms with E-state index in [2.05, 4.69) is 19.6 Å². The normalized spacial score (nSPS) is 22.9. The van der Waals surface area contributed by atoms with Crippen LogP contribution < -0.4 is 0 Å². The maximum atomic E-state index is 3.88. The molecule has 0 heteroatoms. The van der Waals surface area contributed by atoms with E-state index in [0.717, 1.165) is 11.8 Å². The third-order valence-corrected chi connectivity index (χ3v) is 2.78. The SMILES string of the molecule is C=CC(CC)C1CCCC1. The zero-order valence-electron chi connectivity index (χ0n) is 6.97. The Kier molecular flexibility index (Phi) is 2.98. The maximum absolute atomic E-state index is 3.88. The highest BCUT2D eigenvalue weighted by Crippen LogP contribution is 2.33. The van der Waals surface area contributed by atoms with Gasteiger partial charge < -0.3 is 0 Å². The molecule has 1 atom stereocenters. The summed E-state index contributed by atoms with van der Waals surface area (Å²) in [6, 6.07) is 0. The van der Waals surface area contributed by atoms with Crippen LogP contribution in [0.3, 0.4) is 0 Å². The highest BCUT2D eigenvalue weighted by Gasteiger charge is 2.20. The molecule has 0 aromatic carbocycles. The Morgan fingerprint density at radius 1 is 1.50 bits per heavy atom. The molecule has 0 amide bonds. The Bertz CT molecular complexity index is 98.6. The van der Waals surface area contributed by atoms with Gasteiger partial charge in [0.2, 0.25) is 0 Å². The molecule has 1 saturated carbocycles. The van der Waals surface area contributed by atoms with Crippen molar-refractivity contribution in [1.29, 1.82) is 0 Å². The van der Waals surface area contributed by atoms with Gasteiger partial charge in [0.05, 0.1) is 0 Å². The molecule has 0 N–H and O–H groups in total. The van der Waals surface area contributed by atoms with Crippen LogP contribution in [0.1, 0.15) is 39.0 Å². The summed E-state index contributed by atoms with van der Waals surface area (Å²) in [5.41, 5.74) is 0. The molecule has 0 nitrogen and oxygen atoms in total. The van der Waals surface area contributed by atoms with Crippen molar-refractivity contribution in [1.82, 2.24) is 0 Å². The number of allylic oxidation sites excluding steroid dienone is 1. The lowest BCUT2D eigenvalue weighted by Crippen LogP contribution is -2.06. The van der Waals surface area contributed by atoms with Gasteiger partial charge in [-0.3, -0.25) is 0 Å². The molecule has 0 spiro atoms. The predicted molar refractivity (Wildman–Crippen MR) is 45.9 cm³/mol. The second-order valence-electron chi connectivity index (χ2n) is 3.35. The van der Waals surface area contributed by atoms with Crippen molar-refractivity contribution in [3.63, 3.8) is 0 Å². The lowest BCUT2D eigenvalue weighted by atomic mass is 9.89. The second-order valence-corrected chi connectivity index (χ2v) is 3.35. The first-order chi connectivity index (χ1) is 4.88. The van der Waals surface area contributed by atoms with Crippen molar-refractivity contribution < 1.29 is 0 Å². The second kappa shape index (κ2) is 3.80. The fraction of sp³-hybridized carbons (Fsp3) is 0.800. The fourth-order valence-electron chi connectivity index (χ4n) is 2.08. The molecule has 0 aliphatic heterocycles. The lowest BCUT2D eigenvalue weighted by molar-refractivity contribution is 0.396. The van der Waals surface area contributed by atoms with Gasteiger partial charge in [0.15, 0.2) is 0 Å². The van der Waals surface area contributed by atoms with Crippen molar-refractivity contribution in [2.24, 2.45) is 11.8 Å². The zero-order chi connectivity index (χ0) is 7.40. The van der Waals surface area contributed by atoms with Gasteiger partial charge in [-0.1, -0.05) is 25.8 Å². The Morgan fingerprint density at radius 2 is 2.10 bits per heavy atom. The zero-order valence-corrected chi connectivity index (χ0v) is 6.97. The van der Waals surface area contributed by atoms with Gasteiger partial charge in [-0.2, -0.15) is 0 Å². The number of rotatable bonds is 3. The molecule has 0 bridgehead atoms. The van der Waals surface area contributed by atoms with E-state index in [1.54, 1.807) is 0 Å². The molecule has 58 valence electrons. The molecule has 1 aliphatic carbocycles. The molecule has 0 aromatic heterocycles. The summed E-state index contributed by atoms with van der Waals surface area (Å²) in [7, 11) is 0. The molecule has 0 saturated heterocycles. The van der Waals surface area contributed by atoms with Crippen molar-refractivity contribution in [2.75, 3.05) is 0 Å². The monoisotopic (exact) mass is 138 g/mol. The first-order valence-corrected chi connectivity index (χ1v) is 4.51. The molecule has 1 rings (SSSR count). The third-order valence-electron chi connectivity index (χ3n) is 2.78. The van der Waals surface area contributed by atoms with Gasteiger partial charge in [-0.05, 0) is 31.1 Å². The predicted octanol–water partition coefficient (Wildman–Crippen LogP) is 3.39. The number of hydrogen-bond donors (Lipinski definition) is 0. The lowest BCUT2D eigenvalue weighted by Gasteiger charge is -2.16. The van der Waals surface area contributed by atoms with Gasteiger partial charge in [0.1, 0.15) is 0 Å². The summed E-state index contributed by atoms with van der Waals surface area (Å²) < 4.78 is 0. The van der Waals surface area contributed by atoms with E-state index in [1.165, 1.54) is 32.1 Å². The Balaban J connectivity index is 2.36. The van der Waals surface area contributed by atoms with Crippen LogP contribution >= 0.6 is 0 Å². The largest absolute Gasteiger partial charge is 0.103 e. The van der Waals surface area contributed by atoms with E-state index in [9.17, 15) is 0 Å².